The van der Waals surface area contributed by atoms with Crippen LogP contribution in [0.1, 0.15) is 40.2 Å². The molecule has 1 aliphatic rings. The predicted molar refractivity (Wildman–Crippen MR) is 133 cm³/mol. The zero-order valence-electron chi connectivity index (χ0n) is 18.6. The van der Waals surface area contributed by atoms with Crippen LogP contribution in [0, 0.1) is 17.6 Å². The molecule has 36 heavy (non-hydrogen) atoms. The summed E-state index contributed by atoms with van der Waals surface area (Å²) in [6.45, 7) is 0. The van der Waals surface area contributed by atoms with Gasteiger partial charge in [-0.25, -0.2) is 32.6 Å². The summed E-state index contributed by atoms with van der Waals surface area (Å²) in [6.07, 6.45) is 3.02. The minimum atomic E-state index is -1.96. The van der Waals surface area contributed by atoms with Crippen LogP contribution in [0.25, 0.3) is 16.4 Å². The summed E-state index contributed by atoms with van der Waals surface area (Å²) in [5.41, 5.74) is 3.14. The lowest BCUT2D eigenvalue weighted by Crippen LogP contribution is -2.07. The van der Waals surface area contributed by atoms with E-state index >= 15 is 0 Å². The average molecular weight is 549 g/mol. The maximum absolute atomic E-state index is 14.6. The highest BCUT2D eigenvalue weighted by Crippen LogP contribution is 2.38. The Balaban J connectivity index is 1.68. The summed E-state index contributed by atoms with van der Waals surface area (Å²) in [6, 6.07) is 8.60. The lowest BCUT2D eigenvalue weighted by Gasteiger charge is -2.10. The molecule has 4 aromatic rings. The van der Waals surface area contributed by atoms with Gasteiger partial charge in [0.2, 0.25) is 5.13 Å². The van der Waals surface area contributed by atoms with E-state index in [4.69, 9.17) is 21.8 Å². The fraction of sp³-hybridized carbons (Fsp3) is 0.208. The Morgan fingerprint density at radius 3 is 2.61 bits per heavy atom. The molecule has 0 saturated heterocycles. The number of halogens is 3. The lowest BCUT2D eigenvalue weighted by atomic mass is 9.97. The van der Waals surface area contributed by atoms with Crippen molar-refractivity contribution in [1.82, 2.24) is 14.8 Å². The zero-order chi connectivity index (χ0) is 25.6. The minimum absolute atomic E-state index is 0.0695. The molecule has 7 nitrogen and oxygen atoms in total. The summed E-state index contributed by atoms with van der Waals surface area (Å²) < 4.78 is 41.7. The molecule has 0 aliphatic heterocycles. The molecule has 0 bridgehead atoms. The quantitative estimate of drug-likeness (QED) is 0.316. The van der Waals surface area contributed by atoms with Crippen LogP contribution >= 0.6 is 22.9 Å². The van der Waals surface area contributed by atoms with Gasteiger partial charge in [0.15, 0.2) is 5.69 Å². The molecular formula is C24H19ClF2N4O3S2. The Hall–Kier alpha value is -2.99. The smallest absolute Gasteiger partial charge is 0.355 e. The number of hydrogen-bond donors (Lipinski definition) is 2. The molecule has 2 aromatic carbocycles. The molecular weight excluding hydrogens is 530 g/mol. The van der Waals surface area contributed by atoms with Gasteiger partial charge in [0, 0.05) is 22.9 Å². The number of aromatic nitrogens is 3. The minimum Gasteiger partial charge on any atom is -0.476 e. The van der Waals surface area contributed by atoms with Crippen molar-refractivity contribution in [2.75, 3.05) is 0 Å². The zero-order valence-corrected chi connectivity index (χ0v) is 21.0. The molecule has 186 valence electrons. The number of nitrogens with two attached hydrogens (primary N) is 1. The number of carbonyl (C=O) groups is 1. The number of thiazole rings is 1. The number of carboxylic acids is 1. The topological polar surface area (TPSA) is 111 Å². The molecule has 12 heteroatoms. The SMILES string of the molecule is NS(=O)c1ccc(Cc2c(-c3ccc(F)c(Cl)c3)nn(-c3nc(C(=O)O)cs3)c2CC2CC2)cc1F. The van der Waals surface area contributed by atoms with Crippen molar-refractivity contribution < 1.29 is 22.9 Å². The van der Waals surface area contributed by atoms with Crippen molar-refractivity contribution in [2.24, 2.45) is 11.1 Å². The molecule has 1 aliphatic carbocycles. The van der Waals surface area contributed by atoms with Crippen LogP contribution in [0.2, 0.25) is 5.02 Å². The van der Waals surface area contributed by atoms with Gasteiger partial charge in [-0.1, -0.05) is 17.7 Å². The van der Waals surface area contributed by atoms with Crippen LogP contribution in [-0.4, -0.2) is 30.0 Å². The predicted octanol–water partition coefficient (Wildman–Crippen LogP) is 5.15. The Bertz CT molecular complexity index is 1520. The fourth-order valence-electron chi connectivity index (χ4n) is 3.99. The van der Waals surface area contributed by atoms with Gasteiger partial charge in [0.05, 0.1) is 21.3 Å². The first-order valence-corrected chi connectivity index (χ1v) is 13.4. The first kappa shape index (κ1) is 24.7. The highest BCUT2D eigenvalue weighted by Gasteiger charge is 2.29. The molecule has 3 N–H and O–H groups in total. The Morgan fingerprint density at radius 2 is 2.00 bits per heavy atom. The van der Waals surface area contributed by atoms with Gasteiger partial charge >= 0.3 is 5.97 Å². The summed E-state index contributed by atoms with van der Waals surface area (Å²) in [7, 11) is -1.96. The van der Waals surface area contributed by atoms with Gasteiger partial charge in [-0.15, -0.1) is 11.3 Å². The van der Waals surface area contributed by atoms with E-state index in [2.05, 4.69) is 4.98 Å². The number of rotatable bonds is 8. The van der Waals surface area contributed by atoms with Gasteiger partial charge < -0.3 is 5.11 Å². The molecule has 0 radical (unpaired) electrons. The number of carboxylic acid groups (broad SMARTS) is 1. The van der Waals surface area contributed by atoms with Crippen LogP contribution in [0.4, 0.5) is 8.78 Å². The van der Waals surface area contributed by atoms with E-state index < -0.39 is 28.6 Å². The number of nitrogens with zero attached hydrogens (tertiary/aromatic N) is 3. The second-order valence-corrected chi connectivity index (χ2v) is 10.8. The largest absolute Gasteiger partial charge is 0.476 e. The molecule has 2 heterocycles. The van der Waals surface area contributed by atoms with Crippen LogP contribution in [0.5, 0.6) is 0 Å². The Morgan fingerprint density at radius 1 is 1.22 bits per heavy atom. The van der Waals surface area contributed by atoms with Gasteiger partial charge in [0.1, 0.15) is 22.6 Å². The Labute approximate surface area is 216 Å². The second kappa shape index (κ2) is 9.81. The molecule has 2 aromatic heterocycles. The monoisotopic (exact) mass is 548 g/mol. The fourth-order valence-corrected chi connectivity index (χ4v) is 5.40. The van der Waals surface area contributed by atoms with Gasteiger partial charge in [0.25, 0.3) is 0 Å². The summed E-state index contributed by atoms with van der Waals surface area (Å²) in [4.78, 5) is 15.6. The van der Waals surface area contributed by atoms with E-state index in [0.717, 1.165) is 35.4 Å². The molecule has 0 spiro atoms. The van der Waals surface area contributed by atoms with Gasteiger partial charge in [-0.05, 0) is 61.1 Å². The lowest BCUT2D eigenvalue weighted by molar-refractivity contribution is 0.0691. The van der Waals surface area contributed by atoms with Gasteiger partial charge in [-0.3, -0.25) is 0 Å². The van der Waals surface area contributed by atoms with Crippen LogP contribution in [0.3, 0.4) is 0 Å². The van der Waals surface area contributed by atoms with Crippen molar-refractivity contribution in [3.05, 3.63) is 81.0 Å². The van der Waals surface area contributed by atoms with E-state index in [0.29, 0.717) is 34.3 Å². The summed E-state index contributed by atoms with van der Waals surface area (Å²) in [5, 5.41) is 21.2. The molecule has 1 atom stereocenters. The third-order valence-corrected chi connectivity index (χ3v) is 7.82. The Kier molecular flexibility index (Phi) is 6.73. The molecule has 0 amide bonds. The molecule has 5 rings (SSSR count). The van der Waals surface area contributed by atoms with Crippen LogP contribution in [-0.2, 0) is 23.8 Å². The van der Waals surface area contributed by atoms with Crippen LogP contribution < -0.4 is 5.14 Å². The normalized spacial score (nSPS) is 14.2. The van der Waals surface area contributed by atoms with E-state index in [9.17, 15) is 22.9 Å². The standard InChI is InChI=1S/C24H19ClF2N4O3S2/c25-16-10-14(4-5-17(16)26)22-15(7-13-3-6-21(36(28)34)18(27)8-13)20(9-12-1-2-12)31(30-22)24-29-19(11-35-24)23(32)33/h3-6,8,10-12H,1-2,7,9,28H2,(H,32,33). The molecule has 1 unspecified atom stereocenters. The first-order valence-electron chi connectivity index (χ1n) is 10.9. The first-order chi connectivity index (χ1) is 17.2. The van der Waals surface area contributed by atoms with E-state index in [-0.39, 0.29) is 22.0 Å². The highest BCUT2D eigenvalue weighted by molar-refractivity contribution is 7.82. The van der Waals surface area contributed by atoms with Crippen molar-refractivity contribution in [3.8, 4) is 16.4 Å². The van der Waals surface area contributed by atoms with E-state index in [1.165, 1.54) is 29.6 Å². The number of hydrogen-bond acceptors (Lipinski definition) is 5. The third-order valence-electron chi connectivity index (χ3n) is 5.95. The van der Waals surface area contributed by atoms with Crippen molar-refractivity contribution in [2.45, 2.75) is 30.6 Å². The third kappa shape index (κ3) is 4.96. The number of benzene rings is 2. The van der Waals surface area contributed by atoms with Crippen molar-refractivity contribution in [3.63, 3.8) is 0 Å². The second-order valence-electron chi connectivity index (χ2n) is 8.52. The van der Waals surface area contributed by atoms with Crippen LogP contribution in [0.15, 0.2) is 46.7 Å². The van der Waals surface area contributed by atoms with E-state index in [1.807, 2.05) is 0 Å². The maximum Gasteiger partial charge on any atom is 0.355 e. The van der Waals surface area contributed by atoms with E-state index in [1.54, 1.807) is 16.8 Å². The van der Waals surface area contributed by atoms with Crippen molar-refractivity contribution in [1.29, 1.82) is 0 Å². The number of aromatic carboxylic acids is 1. The summed E-state index contributed by atoms with van der Waals surface area (Å²) >= 11 is 7.21. The maximum atomic E-state index is 14.6. The molecule has 1 saturated carbocycles. The van der Waals surface area contributed by atoms with Gasteiger partial charge in [-0.2, -0.15) is 5.10 Å². The summed E-state index contributed by atoms with van der Waals surface area (Å²) in [5.74, 6) is -1.96. The average Bonchev–Trinajstić information content (AvgIpc) is 3.38. The van der Waals surface area contributed by atoms with Crippen molar-refractivity contribution >= 4 is 39.9 Å². The highest BCUT2D eigenvalue weighted by atomic mass is 35.5. The molecule has 1 fully saturated rings.